The largest absolute Gasteiger partial charge is 0.462 e. The summed E-state index contributed by atoms with van der Waals surface area (Å²) in [6, 6.07) is 5.01. The smallest absolute Gasteiger partial charge is 0.348 e. The van der Waals surface area contributed by atoms with Gasteiger partial charge >= 0.3 is 11.9 Å². The monoisotopic (exact) mass is 293 g/mol. The Hall–Kier alpha value is -2.44. The summed E-state index contributed by atoms with van der Waals surface area (Å²) in [6.45, 7) is 3.90. The van der Waals surface area contributed by atoms with Crippen molar-refractivity contribution in [1.29, 1.82) is 0 Å². The lowest BCUT2D eigenvalue weighted by Gasteiger charge is -2.24. The van der Waals surface area contributed by atoms with Gasteiger partial charge in [-0.05, 0) is 18.6 Å². The zero-order valence-corrected chi connectivity index (χ0v) is 11.7. The Balaban J connectivity index is 2.14. The van der Waals surface area contributed by atoms with Gasteiger partial charge in [0.05, 0.1) is 10.5 Å². The highest BCUT2D eigenvalue weighted by atomic mass is 16.6. The van der Waals surface area contributed by atoms with Gasteiger partial charge in [-0.25, -0.2) is 9.59 Å². The maximum atomic E-state index is 12.0. The molecule has 2 rings (SSSR count). The molecule has 0 unspecified atom stereocenters. The lowest BCUT2D eigenvalue weighted by Crippen LogP contribution is -2.36. The Kier molecular flexibility index (Phi) is 3.93. The number of ether oxygens (including phenoxy) is 2. The quantitative estimate of drug-likeness (QED) is 0.479. The maximum Gasteiger partial charge on any atom is 0.348 e. The molecule has 1 aliphatic rings. The topological polar surface area (TPSA) is 95.7 Å². The average molecular weight is 293 g/mol. The van der Waals surface area contributed by atoms with Crippen molar-refractivity contribution in [1.82, 2.24) is 0 Å². The third-order valence-corrected chi connectivity index (χ3v) is 3.74. The van der Waals surface area contributed by atoms with Crippen LogP contribution in [-0.2, 0) is 14.3 Å². The zero-order valence-electron chi connectivity index (χ0n) is 11.7. The molecular weight excluding hydrogens is 278 g/mol. The first-order valence-corrected chi connectivity index (χ1v) is 6.49. The van der Waals surface area contributed by atoms with E-state index in [1.807, 2.05) is 13.8 Å². The molecule has 0 aromatic heterocycles. The first-order valence-electron chi connectivity index (χ1n) is 6.49. The van der Waals surface area contributed by atoms with Gasteiger partial charge in [0, 0.05) is 17.5 Å². The molecule has 0 spiro atoms. The summed E-state index contributed by atoms with van der Waals surface area (Å²) >= 11 is 0. The SMILES string of the molecule is CC[C@@]1(C)COC(=O)[C@H]1OC(=O)c1ccc([N+](=O)[O-])cc1. The van der Waals surface area contributed by atoms with Crippen LogP contribution in [0.5, 0.6) is 0 Å². The lowest BCUT2D eigenvalue weighted by molar-refractivity contribution is -0.384. The van der Waals surface area contributed by atoms with Crippen molar-refractivity contribution in [3.8, 4) is 0 Å². The van der Waals surface area contributed by atoms with Crippen LogP contribution in [0.25, 0.3) is 0 Å². The Labute approximate surface area is 121 Å². The summed E-state index contributed by atoms with van der Waals surface area (Å²) in [5.74, 6) is -1.26. The van der Waals surface area contributed by atoms with E-state index in [0.29, 0.717) is 6.42 Å². The Morgan fingerprint density at radius 3 is 2.62 bits per heavy atom. The number of hydrogen-bond donors (Lipinski definition) is 0. The normalized spacial score (nSPS) is 24.5. The molecule has 0 aliphatic carbocycles. The third kappa shape index (κ3) is 2.86. The van der Waals surface area contributed by atoms with Gasteiger partial charge in [-0.2, -0.15) is 0 Å². The van der Waals surface area contributed by atoms with Gasteiger partial charge in [0.1, 0.15) is 6.61 Å². The molecule has 0 saturated carbocycles. The molecule has 21 heavy (non-hydrogen) atoms. The van der Waals surface area contributed by atoms with Gasteiger partial charge in [-0.15, -0.1) is 0 Å². The molecule has 0 radical (unpaired) electrons. The number of nitro benzene ring substituents is 1. The third-order valence-electron chi connectivity index (χ3n) is 3.74. The van der Waals surface area contributed by atoms with E-state index in [2.05, 4.69) is 0 Å². The first kappa shape index (κ1) is 15.0. The van der Waals surface area contributed by atoms with E-state index in [1.165, 1.54) is 24.3 Å². The fraction of sp³-hybridized carbons (Fsp3) is 0.429. The summed E-state index contributed by atoms with van der Waals surface area (Å²) < 4.78 is 10.2. The fourth-order valence-corrected chi connectivity index (χ4v) is 2.04. The van der Waals surface area contributed by atoms with Crippen molar-refractivity contribution in [2.75, 3.05) is 6.61 Å². The van der Waals surface area contributed by atoms with Crippen molar-refractivity contribution in [3.63, 3.8) is 0 Å². The molecule has 1 aromatic carbocycles. The first-order chi connectivity index (χ1) is 9.87. The molecule has 112 valence electrons. The van der Waals surface area contributed by atoms with Crippen LogP contribution in [0.3, 0.4) is 0 Å². The van der Waals surface area contributed by atoms with E-state index in [4.69, 9.17) is 9.47 Å². The van der Waals surface area contributed by atoms with Gasteiger partial charge in [0.25, 0.3) is 5.69 Å². The highest BCUT2D eigenvalue weighted by Crippen LogP contribution is 2.35. The van der Waals surface area contributed by atoms with Gasteiger partial charge in [-0.1, -0.05) is 13.8 Å². The Bertz CT molecular complexity index is 582. The van der Waals surface area contributed by atoms with Crippen LogP contribution in [0.4, 0.5) is 5.69 Å². The minimum absolute atomic E-state index is 0.120. The zero-order chi connectivity index (χ0) is 15.6. The molecule has 1 aromatic rings. The number of esters is 2. The van der Waals surface area contributed by atoms with Crippen LogP contribution in [0.1, 0.15) is 30.6 Å². The number of carbonyl (C=O) groups is 2. The molecule has 0 bridgehead atoms. The molecule has 0 amide bonds. The van der Waals surface area contributed by atoms with E-state index in [9.17, 15) is 19.7 Å². The Morgan fingerprint density at radius 2 is 2.10 bits per heavy atom. The molecule has 7 nitrogen and oxygen atoms in total. The number of carbonyl (C=O) groups excluding carboxylic acids is 2. The van der Waals surface area contributed by atoms with Gasteiger partial charge in [0.2, 0.25) is 6.10 Å². The minimum atomic E-state index is -0.954. The van der Waals surface area contributed by atoms with E-state index in [-0.39, 0.29) is 17.9 Å². The van der Waals surface area contributed by atoms with Crippen LogP contribution in [0.2, 0.25) is 0 Å². The van der Waals surface area contributed by atoms with E-state index < -0.39 is 28.4 Å². The predicted octanol–water partition coefficient (Wildman–Crippen LogP) is 2.09. The highest BCUT2D eigenvalue weighted by molar-refractivity contribution is 5.92. The van der Waals surface area contributed by atoms with Crippen LogP contribution in [0.15, 0.2) is 24.3 Å². The molecule has 7 heteroatoms. The number of hydrogen-bond acceptors (Lipinski definition) is 6. The van der Waals surface area contributed by atoms with E-state index in [1.54, 1.807) is 0 Å². The number of non-ortho nitro benzene ring substituents is 1. The van der Waals surface area contributed by atoms with Gasteiger partial charge in [-0.3, -0.25) is 10.1 Å². The van der Waals surface area contributed by atoms with Crippen molar-refractivity contribution in [3.05, 3.63) is 39.9 Å². The molecular formula is C14H15NO6. The van der Waals surface area contributed by atoms with Crippen molar-refractivity contribution >= 4 is 17.6 Å². The standard InChI is InChI=1S/C14H15NO6/c1-3-14(2)8-20-13(17)11(14)21-12(16)9-4-6-10(7-5-9)15(18)19/h4-7,11H,3,8H2,1-2H3/t11-,14+/m1/s1. The summed E-state index contributed by atoms with van der Waals surface area (Å²) in [4.78, 5) is 33.7. The number of cyclic esters (lactones) is 1. The average Bonchev–Trinajstić information content (AvgIpc) is 2.76. The van der Waals surface area contributed by atoms with Crippen LogP contribution in [-0.4, -0.2) is 29.6 Å². The van der Waals surface area contributed by atoms with Gasteiger partial charge < -0.3 is 9.47 Å². The van der Waals surface area contributed by atoms with Gasteiger partial charge in [0.15, 0.2) is 0 Å². The van der Waals surface area contributed by atoms with Crippen molar-refractivity contribution < 1.29 is 24.0 Å². The molecule has 2 atom stereocenters. The van der Waals surface area contributed by atoms with Crippen molar-refractivity contribution in [2.24, 2.45) is 5.41 Å². The predicted molar refractivity (Wildman–Crippen MR) is 71.7 cm³/mol. The lowest BCUT2D eigenvalue weighted by atomic mass is 9.84. The summed E-state index contributed by atoms with van der Waals surface area (Å²) in [5, 5.41) is 10.6. The summed E-state index contributed by atoms with van der Waals surface area (Å²) in [7, 11) is 0. The maximum absolute atomic E-state index is 12.0. The van der Waals surface area contributed by atoms with Crippen LogP contribution in [0, 0.1) is 15.5 Å². The van der Waals surface area contributed by atoms with E-state index in [0.717, 1.165) is 0 Å². The highest BCUT2D eigenvalue weighted by Gasteiger charge is 2.48. The molecule has 1 saturated heterocycles. The molecule has 0 N–H and O–H groups in total. The number of benzene rings is 1. The molecule has 1 aliphatic heterocycles. The van der Waals surface area contributed by atoms with Crippen LogP contribution < -0.4 is 0 Å². The Morgan fingerprint density at radius 1 is 1.48 bits per heavy atom. The van der Waals surface area contributed by atoms with E-state index >= 15 is 0 Å². The second-order valence-corrected chi connectivity index (χ2v) is 5.20. The number of rotatable bonds is 4. The second-order valence-electron chi connectivity index (χ2n) is 5.20. The number of nitro groups is 1. The van der Waals surface area contributed by atoms with Crippen LogP contribution >= 0.6 is 0 Å². The minimum Gasteiger partial charge on any atom is -0.462 e. The number of nitrogens with zero attached hydrogens (tertiary/aromatic N) is 1. The summed E-state index contributed by atoms with van der Waals surface area (Å²) in [5.41, 5.74) is -0.517. The second kappa shape index (κ2) is 5.51. The fourth-order valence-electron chi connectivity index (χ4n) is 2.04. The molecule has 1 heterocycles. The van der Waals surface area contributed by atoms with Crippen molar-refractivity contribution in [2.45, 2.75) is 26.4 Å². The summed E-state index contributed by atoms with van der Waals surface area (Å²) in [6.07, 6.45) is -0.332. The molecule has 1 fully saturated rings.